The van der Waals surface area contributed by atoms with E-state index in [0.717, 1.165) is 32.6 Å². The average molecular weight is 338 g/mol. The van der Waals surface area contributed by atoms with Gasteiger partial charge in [-0.2, -0.15) is 0 Å². The highest BCUT2D eigenvalue weighted by Gasteiger charge is 2.08. The Balaban J connectivity index is 2.19. The molecular formula is C16H17BrFNO. The average Bonchev–Trinajstić information content (AvgIpc) is 2.40. The zero-order valence-electron chi connectivity index (χ0n) is 11.8. The van der Waals surface area contributed by atoms with Crippen LogP contribution in [0.25, 0.3) is 0 Å². The molecule has 0 atom stereocenters. The first kappa shape index (κ1) is 14.9. The van der Waals surface area contributed by atoms with Crippen LogP contribution in [0.15, 0.2) is 34.8 Å². The highest BCUT2D eigenvalue weighted by Crippen LogP contribution is 2.30. The Kier molecular flexibility index (Phi) is 4.65. The van der Waals surface area contributed by atoms with Crippen LogP contribution < -0.4 is 10.1 Å². The maximum Gasteiger partial charge on any atom is 0.126 e. The number of hydrogen-bond acceptors (Lipinski definition) is 2. The Morgan fingerprint density at radius 3 is 2.60 bits per heavy atom. The Bertz CT molecular complexity index is 628. The lowest BCUT2D eigenvalue weighted by molar-refractivity contribution is 0.409. The standard InChI is InChI=1S/C16H17BrFNO/c1-10-4-7-15(11(2)16(10)20-3)19-9-12-5-6-13(18)8-14(12)17/h4-8,19H,9H2,1-3H3. The van der Waals surface area contributed by atoms with E-state index < -0.39 is 0 Å². The number of benzene rings is 2. The fourth-order valence-corrected chi connectivity index (χ4v) is 2.68. The third-order valence-electron chi connectivity index (χ3n) is 3.29. The molecule has 2 aromatic rings. The Hall–Kier alpha value is -1.55. The van der Waals surface area contributed by atoms with Crippen LogP contribution in [0.4, 0.5) is 10.1 Å². The van der Waals surface area contributed by atoms with Crippen LogP contribution in [0.1, 0.15) is 16.7 Å². The van der Waals surface area contributed by atoms with Gasteiger partial charge < -0.3 is 10.1 Å². The number of hydrogen-bond donors (Lipinski definition) is 1. The zero-order chi connectivity index (χ0) is 14.7. The van der Waals surface area contributed by atoms with E-state index in [4.69, 9.17) is 4.74 Å². The lowest BCUT2D eigenvalue weighted by atomic mass is 10.1. The van der Waals surface area contributed by atoms with E-state index >= 15 is 0 Å². The molecule has 0 radical (unpaired) electrons. The first-order chi connectivity index (χ1) is 9.52. The van der Waals surface area contributed by atoms with Gasteiger partial charge in [0.25, 0.3) is 0 Å². The minimum absolute atomic E-state index is 0.242. The topological polar surface area (TPSA) is 21.3 Å². The summed E-state index contributed by atoms with van der Waals surface area (Å²) in [6.45, 7) is 4.66. The van der Waals surface area contributed by atoms with Gasteiger partial charge >= 0.3 is 0 Å². The molecular weight excluding hydrogens is 321 g/mol. The Labute approximate surface area is 127 Å². The number of aryl methyl sites for hydroxylation is 1. The lowest BCUT2D eigenvalue weighted by Gasteiger charge is -2.15. The quantitative estimate of drug-likeness (QED) is 0.862. The van der Waals surface area contributed by atoms with Crippen molar-refractivity contribution in [2.45, 2.75) is 20.4 Å². The van der Waals surface area contributed by atoms with Crippen LogP contribution in [0.2, 0.25) is 0 Å². The summed E-state index contributed by atoms with van der Waals surface area (Å²) in [4.78, 5) is 0. The monoisotopic (exact) mass is 337 g/mol. The zero-order valence-corrected chi connectivity index (χ0v) is 13.3. The van der Waals surface area contributed by atoms with Gasteiger partial charge in [0, 0.05) is 22.3 Å². The van der Waals surface area contributed by atoms with E-state index in [1.165, 1.54) is 12.1 Å². The van der Waals surface area contributed by atoms with Gasteiger partial charge in [-0.1, -0.05) is 28.1 Å². The predicted molar refractivity (Wildman–Crippen MR) is 83.9 cm³/mol. The van der Waals surface area contributed by atoms with Crippen molar-refractivity contribution in [3.63, 3.8) is 0 Å². The molecule has 0 heterocycles. The number of nitrogens with one attached hydrogen (secondary N) is 1. The molecule has 4 heteroatoms. The Morgan fingerprint density at radius 1 is 1.20 bits per heavy atom. The fraction of sp³-hybridized carbons (Fsp3) is 0.250. The second-order valence-electron chi connectivity index (χ2n) is 4.68. The molecule has 0 aliphatic carbocycles. The molecule has 106 valence electrons. The van der Waals surface area contributed by atoms with Crippen LogP contribution in [0, 0.1) is 19.7 Å². The molecule has 2 rings (SSSR count). The molecule has 2 nitrogen and oxygen atoms in total. The molecule has 1 N–H and O–H groups in total. The van der Waals surface area contributed by atoms with Gasteiger partial charge in [0.1, 0.15) is 11.6 Å². The molecule has 2 aromatic carbocycles. The van der Waals surface area contributed by atoms with E-state index in [2.05, 4.69) is 21.2 Å². The lowest BCUT2D eigenvalue weighted by Crippen LogP contribution is -2.03. The third-order valence-corrected chi connectivity index (χ3v) is 4.03. The van der Waals surface area contributed by atoms with Gasteiger partial charge in [0.05, 0.1) is 7.11 Å². The van der Waals surface area contributed by atoms with Crippen molar-refractivity contribution >= 4 is 21.6 Å². The highest BCUT2D eigenvalue weighted by molar-refractivity contribution is 9.10. The Morgan fingerprint density at radius 2 is 1.95 bits per heavy atom. The molecule has 20 heavy (non-hydrogen) atoms. The predicted octanol–water partition coefficient (Wildman–Crippen LogP) is 4.83. The fourth-order valence-electron chi connectivity index (χ4n) is 2.19. The third kappa shape index (κ3) is 3.12. The molecule has 0 fully saturated rings. The highest BCUT2D eigenvalue weighted by atomic mass is 79.9. The molecule has 0 unspecified atom stereocenters. The van der Waals surface area contributed by atoms with Crippen LogP contribution in [0.5, 0.6) is 5.75 Å². The molecule has 0 amide bonds. The summed E-state index contributed by atoms with van der Waals surface area (Å²) in [5.41, 5.74) is 4.21. The largest absolute Gasteiger partial charge is 0.496 e. The van der Waals surface area contributed by atoms with Crippen molar-refractivity contribution < 1.29 is 9.13 Å². The number of methoxy groups -OCH3 is 1. The second-order valence-corrected chi connectivity index (χ2v) is 5.53. The number of ether oxygens (including phenoxy) is 1. The van der Waals surface area contributed by atoms with Crippen molar-refractivity contribution in [2.75, 3.05) is 12.4 Å². The van der Waals surface area contributed by atoms with Crippen molar-refractivity contribution in [3.05, 3.63) is 57.3 Å². The normalized spacial score (nSPS) is 10.4. The van der Waals surface area contributed by atoms with Gasteiger partial charge in [-0.25, -0.2) is 4.39 Å². The smallest absolute Gasteiger partial charge is 0.126 e. The second kappa shape index (κ2) is 6.27. The van der Waals surface area contributed by atoms with Crippen molar-refractivity contribution in [2.24, 2.45) is 0 Å². The number of halogens is 2. The van der Waals surface area contributed by atoms with Crippen molar-refractivity contribution in [3.8, 4) is 5.75 Å². The molecule has 0 saturated carbocycles. The minimum atomic E-state index is -0.242. The number of rotatable bonds is 4. The summed E-state index contributed by atoms with van der Waals surface area (Å²) in [5, 5.41) is 3.36. The molecule has 0 aromatic heterocycles. The van der Waals surface area contributed by atoms with Gasteiger partial charge in [-0.15, -0.1) is 0 Å². The minimum Gasteiger partial charge on any atom is -0.496 e. The van der Waals surface area contributed by atoms with E-state index in [-0.39, 0.29) is 5.82 Å². The van der Waals surface area contributed by atoms with Crippen molar-refractivity contribution in [1.82, 2.24) is 0 Å². The van der Waals surface area contributed by atoms with Crippen LogP contribution in [-0.2, 0) is 6.54 Å². The first-order valence-corrected chi connectivity index (χ1v) is 7.14. The van der Waals surface area contributed by atoms with Gasteiger partial charge in [0.2, 0.25) is 0 Å². The van der Waals surface area contributed by atoms with Crippen molar-refractivity contribution in [1.29, 1.82) is 0 Å². The summed E-state index contributed by atoms with van der Waals surface area (Å²) in [6, 6.07) is 8.76. The van der Waals surface area contributed by atoms with E-state index in [1.807, 2.05) is 26.0 Å². The van der Waals surface area contributed by atoms with Gasteiger partial charge in [0.15, 0.2) is 0 Å². The maximum atomic E-state index is 13.1. The van der Waals surface area contributed by atoms with E-state index in [1.54, 1.807) is 13.2 Å². The summed E-state index contributed by atoms with van der Waals surface area (Å²) >= 11 is 3.37. The van der Waals surface area contributed by atoms with Crippen LogP contribution in [-0.4, -0.2) is 7.11 Å². The summed E-state index contributed by atoms with van der Waals surface area (Å²) < 4.78 is 19.2. The molecule has 0 aliphatic rings. The summed E-state index contributed by atoms with van der Waals surface area (Å²) in [6.07, 6.45) is 0. The van der Waals surface area contributed by atoms with Gasteiger partial charge in [-0.05, 0) is 43.2 Å². The SMILES string of the molecule is COc1c(C)ccc(NCc2ccc(F)cc2Br)c1C. The molecule has 0 spiro atoms. The van der Waals surface area contributed by atoms with Crippen LogP contribution >= 0.6 is 15.9 Å². The maximum absolute atomic E-state index is 13.1. The molecule has 0 saturated heterocycles. The summed E-state index contributed by atoms with van der Waals surface area (Å²) in [7, 11) is 1.68. The van der Waals surface area contributed by atoms with E-state index in [0.29, 0.717) is 6.54 Å². The van der Waals surface area contributed by atoms with Crippen LogP contribution in [0.3, 0.4) is 0 Å². The van der Waals surface area contributed by atoms with E-state index in [9.17, 15) is 4.39 Å². The summed E-state index contributed by atoms with van der Waals surface area (Å²) in [5.74, 6) is 0.655. The van der Waals surface area contributed by atoms with Gasteiger partial charge in [-0.3, -0.25) is 0 Å². The molecule has 0 aliphatic heterocycles. The molecule has 0 bridgehead atoms. The first-order valence-electron chi connectivity index (χ1n) is 6.35. The number of anilines is 1.